The number of benzene rings is 1. The van der Waals surface area contributed by atoms with Crippen molar-refractivity contribution >= 4 is 29.6 Å². The lowest BCUT2D eigenvalue weighted by Gasteiger charge is -2.25. The topological polar surface area (TPSA) is 131 Å². The molecule has 9 heteroatoms. The van der Waals surface area contributed by atoms with Gasteiger partial charge in [0.25, 0.3) is 0 Å². The number of esters is 2. The van der Waals surface area contributed by atoms with Gasteiger partial charge in [-0.3, -0.25) is 4.79 Å². The van der Waals surface area contributed by atoms with Crippen molar-refractivity contribution in [2.24, 2.45) is 0 Å². The number of hydrogen-bond acceptors (Lipinski definition) is 6. The molecule has 1 aromatic carbocycles. The van der Waals surface area contributed by atoms with Gasteiger partial charge < -0.3 is 25.2 Å². The van der Waals surface area contributed by atoms with Gasteiger partial charge in [0, 0.05) is 17.6 Å². The van der Waals surface area contributed by atoms with Gasteiger partial charge in [-0.05, 0) is 38.5 Å². The zero-order chi connectivity index (χ0) is 19.9. The molecule has 1 rings (SSSR count). The average molecular weight is 366 g/mol. The molecule has 0 aliphatic rings. The summed E-state index contributed by atoms with van der Waals surface area (Å²) in [7, 11) is 2.35. The predicted octanol–water partition coefficient (Wildman–Crippen LogP) is 2.02. The van der Waals surface area contributed by atoms with Crippen LogP contribution in [-0.4, -0.2) is 48.8 Å². The van der Waals surface area contributed by atoms with Crippen LogP contribution in [0.4, 0.5) is 10.5 Å². The first-order valence-corrected chi connectivity index (χ1v) is 7.71. The summed E-state index contributed by atoms with van der Waals surface area (Å²) in [6.07, 6.45) is 0.151. The number of ether oxygens (including phenoxy) is 2. The molecule has 0 saturated carbocycles. The highest BCUT2D eigenvalue weighted by Crippen LogP contribution is 2.19. The lowest BCUT2D eigenvalue weighted by Crippen LogP contribution is -2.45. The maximum absolute atomic E-state index is 12.1. The Morgan fingerprint density at radius 3 is 2.15 bits per heavy atom. The highest BCUT2D eigenvalue weighted by atomic mass is 16.5. The normalized spacial score (nSPS) is 10.6. The zero-order valence-corrected chi connectivity index (χ0v) is 15.0. The second kappa shape index (κ2) is 8.84. The number of anilines is 1. The molecule has 0 aliphatic heterocycles. The van der Waals surface area contributed by atoms with E-state index in [2.05, 4.69) is 20.1 Å². The van der Waals surface area contributed by atoms with Crippen molar-refractivity contribution < 1.29 is 33.8 Å². The summed E-state index contributed by atoms with van der Waals surface area (Å²) >= 11 is 0. The Kier molecular flexibility index (Phi) is 7.12. The van der Waals surface area contributed by atoms with Gasteiger partial charge in [0.15, 0.2) is 0 Å². The molecule has 0 bridgehead atoms. The Morgan fingerprint density at radius 2 is 1.62 bits per heavy atom. The molecule has 0 spiro atoms. The summed E-state index contributed by atoms with van der Waals surface area (Å²) < 4.78 is 9.25. The van der Waals surface area contributed by atoms with Gasteiger partial charge in [0.05, 0.1) is 25.3 Å². The minimum Gasteiger partial charge on any atom is -0.481 e. The monoisotopic (exact) mass is 366 g/mol. The molecule has 142 valence electrons. The fourth-order valence-electron chi connectivity index (χ4n) is 2.14. The van der Waals surface area contributed by atoms with Gasteiger partial charge in [0.2, 0.25) is 0 Å². The quantitative estimate of drug-likeness (QED) is 0.629. The standard InChI is InChI=1S/C17H22N2O7/c1-17(2,8-7-13(20)21)19-16(24)18-10-5-6-11(14(22)25-3)12(9-10)15(23)26-4/h5-6,9H,7-8H2,1-4H3,(H,20,21)(H2,18,19,24). The van der Waals surface area contributed by atoms with Crippen LogP contribution in [0.2, 0.25) is 0 Å². The number of rotatable bonds is 7. The van der Waals surface area contributed by atoms with E-state index in [1.807, 2.05) is 0 Å². The van der Waals surface area contributed by atoms with E-state index in [1.165, 1.54) is 32.4 Å². The summed E-state index contributed by atoms with van der Waals surface area (Å²) in [6, 6.07) is 3.48. The predicted molar refractivity (Wildman–Crippen MR) is 92.2 cm³/mol. The van der Waals surface area contributed by atoms with E-state index in [1.54, 1.807) is 13.8 Å². The van der Waals surface area contributed by atoms with E-state index in [-0.39, 0.29) is 29.7 Å². The first-order valence-electron chi connectivity index (χ1n) is 7.71. The van der Waals surface area contributed by atoms with Crippen molar-refractivity contribution in [3.8, 4) is 0 Å². The summed E-state index contributed by atoms with van der Waals surface area (Å²) in [5.41, 5.74) is -0.543. The summed E-state index contributed by atoms with van der Waals surface area (Å²) in [5, 5.41) is 13.9. The largest absolute Gasteiger partial charge is 0.481 e. The highest BCUT2D eigenvalue weighted by Gasteiger charge is 2.23. The van der Waals surface area contributed by atoms with Crippen LogP contribution in [0.5, 0.6) is 0 Å². The molecule has 0 aromatic heterocycles. The highest BCUT2D eigenvalue weighted by molar-refractivity contribution is 6.04. The smallest absolute Gasteiger partial charge is 0.338 e. The molecule has 3 N–H and O–H groups in total. The second-order valence-electron chi connectivity index (χ2n) is 6.10. The molecule has 0 saturated heterocycles. The van der Waals surface area contributed by atoms with Crippen LogP contribution in [0.25, 0.3) is 0 Å². The Labute approximate surface area is 150 Å². The lowest BCUT2D eigenvalue weighted by molar-refractivity contribution is -0.137. The van der Waals surface area contributed by atoms with Crippen LogP contribution in [0.15, 0.2) is 18.2 Å². The first kappa shape index (κ1) is 20.9. The lowest BCUT2D eigenvalue weighted by atomic mass is 9.99. The number of carbonyl (C=O) groups excluding carboxylic acids is 3. The maximum atomic E-state index is 12.1. The fraction of sp³-hybridized carbons (Fsp3) is 0.412. The number of nitrogens with one attached hydrogen (secondary N) is 2. The van der Waals surface area contributed by atoms with Crippen molar-refractivity contribution in [3.63, 3.8) is 0 Å². The third-order valence-electron chi connectivity index (χ3n) is 3.50. The van der Waals surface area contributed by atoms with E-state index in [4.69, 9.17) is 5.11 Å². The molecular weight excluding hydrogens is 344 g/mol. The Bertz CT molecular complexity index is 713. The van der Waals surface area contributed by atoms with E-state index < -0.39 is 29.5 Å². The number of carboxylic acid groups (broad SMARTS) is 1. The second-order valence-corrected chi connectivity index (χ2v) is 6.10. The fourth-order valence-corrected chi connectivity index (χ4v) is 2.14. The van der Waals surface area contributed by atoms with Crippen LogP contribution in [0, 0.1) is 0 Å². The SMILES string of the molecule is COC(=O)c1ccc(NC(=O)NC(C)(C)CCC(=O)O)cc1C(=O)OC. The van der Waals surface area contributed by atoms with Gasteiger partial charge in [0.1, 0.15) is 0 Å². The molecule has 26 heavy (non-hydrogen) atoms. The van der Waals surface area contributed by atoms with Crippen molar-refractivity contribution in [2.45, 2.75) is 32.2 Å². The molecule has 0 aliphatic carbocycles. The van der Waals surface area contributed by atoms with Crippen LogP contribution in [-0.2, 0) is 14.3 Å². The first-order chi connectivity index (χ1) is 12.1. The Hall–Kier alpha value is -3.10. The molecule has 0 unspecified atom stereocenters. The van der Waals surface area contributed by atoms with Gasteiger partial charge >= 0.3 is 23.9 Å². The molecule has 1 aromatic rings. The molecule has 0 radical (unpaired) electrons. The molecule has 0 fully saturated rings. The van der Waals surface area contributed by atoms with Gasteiger partial charge in [-0.2, -0.15) is 0 Å². The van der Waals surface area contributed by atoms with Gasteiger partial charge in [-0.15, -0.1) is 0 Å². The van der Waals surface area contributed by atoms with Crippen LogP contribution >= 0.6 is 0 Å². The minimum atomic E-state index is -0.957. The molecule has 0 atom stereocenters. The number of aliphatic carboxylic acids is 1. The Morgan fingerprint density at radius 1 is 1.04 bits per heavy atom. The van der Waals surface area contributed by atoms with Crippen LogP contribution in [0.1, 0.15) is 47.4 Å². The number of hydrogen-bond donors (Lipinski definition) is 3. The number of urea groups is 1. The van der Waals surface area contributed by atoms with Crippen molar-refractivity contribution in [1.82, 2.24) is 5.32 Å². The van der Waals surface area contributed by atoms with E-state index in [0.717, 1.165) is 0 Å². The number of carboxylic acids is 1. The Balaban J connectivity index is 2.92. The van der Waals surface area contributed by atoms with Crippen molar-refractivity contribution in [3.05, 3.63) is 29.3 Å². The van der Waals surface area contributed by atoms with Gasteiger partial charge in [-0.1, -0.05) is 0 Å². The van der Waals surface area contributed by atoms with E-state index in [0.29, 0.717) is 0 Å². The maximum Gasteiger partial charge on any atom is 0.338 e. The third kappa shape index (κ3) is 6.08. The minimum absolute atomic E-state index is 0.00657. The van der Waals surface area contributed by atoms with Crippen molar-refractivity contribution in [2.75, 3.05) is 19.5 Å². The molecule has 0 heterocycles. The number of methoxy groups -OCH3 is 2. The zero-order valence-electron chi connectivity index (χ0n) is 15.0. The summed E-state index contributed by atoms with van der Waals surface area (Å²) in [4.78, 5) is 46.4. The number of carbonyl (C=O) groups is 4. The number of amides is 2. The van der Waals surface area contributed by atoms with Crippen molar-refractivity contribution in [1.29, 1.82) is 0 Å². The van der Waals surface area contributed by atoms with Crippen LogP contribution < -0.4 is 10.6 Å². The third-order valence-corrected chi connectivity index (χ3v) is 3.50. The molecule has 9 nitrogen and oxygen atoms in total. The summed E-state index contributed by atoms with van der Waals surface area (Å²) in [5.74, 6) is -2.42. The summed E-state index contributed by atoms with van der Waals surface area (Å²) in [6.45, 7) is 3.38. The van der Waals surface area contributed by atoms with Gasteiger partial charge in [-0.25, -0.2) is 14.4 Å². The average Bonchev–Trinajstić information content (AvgIpc) is 2.58. The van der Waals surface area contributed by atoms with E-state index in [9.17, 15) is 19.2 Å². The van der Waals surface area contributed by atoms with E-state index >= 15 is 0 Å². The molecular formula is C17H22N2O7. The molecule has 2 amide bonds. The van der Waals surface area contributed by atoms with Crippen LogP contribution in [0.3, 0.4) is 0 Å².